The van der Waals surface area contributed by atoms with Crippen LogP contribution in [-0.4, -0.2) is 23.9 Å². The van der Waals surface area contributed by atoms with Gasteiger partial charge in [0.05, 0.1) is 5.56 Å². The zero-order valence-corrected chi connectivity index (χ0v) is 17.2. The van der Waals surface area contributed by atoms with Crippen molar-refractivity contribution in [3.63, 3.8) is 0 Å². The Morgan fingerprint density at radius 1 is 0.833 bits per heavy atom. The van der Waals surface area contributed by atoms with Crippen molar-refractivity contribution in [3.8, 4) is 5.75 Å². The Hall–Kier alpha value is -3.11. The predicted octanol–water partition coefficient (Wildman–Crippen LogP) is 4.79. The molecule has 3 aromatic rings. The molecule has 1 saturated heterocycles. The smallest absolute Gasteiger partial charge is 0.255 e. The van der Waals surface area contributed by atoms with Crippen LogP contribution in [0.1, 0.15) is 39.9 Å². The molecule has 30 heavy (non-hydrogen) atoms. The molecule has 4 nitrogen and oxygen atoms in total. The maximum Gasteiger partial charge on any atom is 0.255 e. The summed E-state index contributed by atoms with van der Waals surface area (Å²) in [5.74, 6) is 0.485. The van der Waals surface area contributed by atoms with Gasteiger partial charge in [0.15, 0.2) is 0 Å². The maximum absolute atomic E-state index is 12.9. The molecule has 1 aliphatic heterocycles. The van der Waals surface area contributed by atoms with E-state index in [4.69, 9.17) is 4.74 Å². The van der Waals surface area contributed by atoms with Crippen LogP contribution < -0.4 is 10.1 Å². The highest BCUT2D eigenvalue weighted by molar-refractivity contribution is 5.96. The monoisotopic (exact) mass is 400 g/mol. The lowest BCUT2D eigenvalue weighted by molar-refractivity contribution is 0.0946. The Kier molecular flexibility index (Phi) is 6.78. The summed E-state index contributed by atoms with van der Waals surface area (Å²) in [6, 6.07) is 25.8. The van der Waals surface area contributed by atoms with E-state index in [2.05, 4.69) is 28.4 Å². The van der Waals surface area contributed by atoms with Gasteiger partial charge in [-0.3, -0.25) is 9.69 Å². The summed E-state index contributed by atoms with van der Waals surface area (Å²) in [6.45, 7) is 4.21. The Labute approximate surface area is 178 Å². The zero-order chi connectivity index (χ0) is 20.6. The number of benzene rings is 3. The number of para-hydroxylation sites is 1. The molecule has 1 amide bonds. The molecule has 1 fully saturated rings. The van der Waals surface area contributed by atoms with E-state index in [1.807, 2.05) is 60.7 Å². The third-order valence-electron chi connectivity index (χ3n) is 5.52. The first-order valence-corrected chi connectivity index (χ1v) is 10.6. The minimum Gasteiger partial charge on any atom is -0.488 e. The Bertz CT molecular complexity index is 966. The van der Waals surface area contributed by atoms with Crippen molar-refractivity contribution in [1.82, 2.24) is 10.2 Å². The first-order chi connectivity index (χ1) is 14.8. The van der Waals surface area contributed by atoms with E-state index in [1.54, 1.807) is 0 Å². The zero-order valence-electron chi connectivity index (χ0n) is 17.2. The minimum atomic E-state index is -0.116. The molecule has 1 heterocycles. The lowest BCUT2D eigenvalue weighted by Crippen LogP contribution is -2.25. The summed E-state index contributed by atoms with van der Waals surface area (Å²) in [5, 5.41) is 3.08. The maximum atomic E-state index is 12.9. The van der Waals surface area contributed by atoms with Gasteiger partial charge in [-0.05, 0) is 54.8 Å². The van der Waals surface area contributed by atoms with Crippen molar-refractivity contribution in [3.05, 3.63) is 101 Å². The molecule has 3 aromatic carbocycles. The van der Waals surface area contributed by atoms with Gasteiger partial charge in [-0.1, -0.05) is 66.7 Å². The fourth-order valence-electron chi connectivity index (χ4n) is 3.85. The van der Waals surface area contributed by atoms with Crippen LogP contribution in [-0.2, 0) is 19.7 Å². The van der Waals surface area contributed by atoms with Gasteiger partial charge in [0.25, 0.3) is 5.91 Å². The fraction of sp³-hybridized carbons (Fsp3) is 0.269. The van der Waals surface area contributed by atoms with Crippen LogP contribution in [0, 0.1) is 0 Å². The number of carbonyl (C=O) groups is 1. The SMILES string of the molecule is O=C(NCc1ccccc1CN1CCCC1)c1ccccc1OCc1ccccc1. The van der Waals surface area contributed by atoms with Crippen LogP contribution in [0.2, 0.25) is 0 Å². The number of amides is 1. The average molecular weight is 401 g/mol. The van der Waals surface area contributed by atoms with Crippen LogP contribution in [0.15, 0.2) is 78.9 Å². The molecule has 1 aliphatic rings. The Morgan fingerprint density at radius 2 is 1.50 bits per heavy atom. The van der Waals surface area contributed by atoms with Crippen molar-refractivity contribution >= 4 is 5.91 Å². The molecule has 154 valence electrons. The number of carbonyl (C=O) groups excluding carboxylic acids is 1. The molecule has 1 N–H and O–H groups in total. The quantitative estimate of drug-likeness (QED) is 0.591. The van der Waals surface area contributed by atoms with Crippen molar-refractivity contribution in [1.29, 1.82) is 0 Å². The summed E-state index contributed by atoms with van der Waals surface area (Å²) in [5.41, 5.74) is 4.09. The van der Waals surface area contributed by atoms with Gasteiger partial charge in [0, 0.05) is 13.1 Å². The third-order valence-corrected chi connectivity index (χ3v) is 5.52. The van der Waals surface area contributed by atoms with Crippen LogP contribution in [0.3, 0.4) is 0 Å². The molecule has 4 heteroatoms. The van der Waals surface area contributed by atoms with E-state index in [-0.39, 0.29) is 5.91 Å². The fourth-order valence-corrected chi connectivity index (χ4v) is 3.85. The molecule has 0 bridgehead atoms. The lowest BCUT2D eigenvalue weighted by atomic mass is 10.1. The Balaban J connectivity index is 1.40. The second-order valence-electron chi connectivity index (χ2n) is 7.71. The number of nitrogens with one attached hydrogen (secondary N) is 1. The summed E-state index contributed by atoms with van der Waals surface area (Å²) >= 11 is 0. The molecular formula is C26H28N2O2. The van der Waals surface area contributed by atoms with Crippen LogP contribution >= 0.6 is 0 Å². The lowest BCUT2D eigenvalue weighted by Gasteiger charge is -2.18. The highest BCUT2D eigenvalue weighted by atomic mass is 16.5. The molecule has 0 aromatic heterocycles. The van der Waals surface area contributed by atoms with Crippen LogP contribution in [0.25, 0.3) is 0 Å². The summed E-state index contributed by atoms with van der Waals surface area (Å²) in [7, 11) is 0. The Morgan fingerprint density at radius 3 is 2.30 bits per heavy atom. The first kappa shape index (κ1) is 20.2. The number of hydrogen-bond donors (Lipinski definition) is 1. The van der Waals surface area contributed by atoms with Gasteiger partial charge in [-0.15, -0.1) is 0 Å². The molecule has 0 unspecified atom stereocenters. The van der Waals surface area contributed by atoms with E-state index >= 15 is 0 Å². The van der Waals surface area contributed by atoms with E-state index < -0.39 is 0 Å². The highest BCUT2D eigenvalue weighted by Crippen LogP contribution is 2.20. The van der Waals surface area contributed by atoms with Gasteiger partial charge < -0.3 is 10.1 Å². The van der Waals surface area contributed by atoms with E-state index in [1.165, 1.54) is 24.0 Å². The van der Waals surface area contributed by atoms with Crippen molar-refractivity contribution < 1.29 is 9.53 Å². The third kappa shape index (κ3) is 5.28. The van der Waals surface area contributed by atoms with Gasteiger partial charge in [0.1, 0.15) is 12.4 Å². The number of hydrogen-bond acceptors (Lipinski definition) is 3. The second kappa shape index (κ2) is 10.1. The number of nitrogens with zero attached hydrogens (tertiary/aromatic N) is 1. The molecule has 4 rings (SSSR count). The van der Waals surface area contributed by atoms with Crippen molar-refractivity contribution in [2.75, 3.05) is 13.1 Å². The second-order valence-corrected chi connectivity index (χ2v) is 7.71. The molecule has 0 saturated carbocycles. The standard InChI is InChI=1S/C26H28N2O2/c29-26(24-14-6-7-15-25(24)30-20-21-10-2-1-3-11-21)27-18-22-12-4-5-13-23(22)19-28-16-8-9-17-28/h1-7,10-15H,8-9,16-20H2,(H,27,29). The number of ether oxygens (including phenoxy) is 1. The van der Waals surface area contributed by atoms with Crippen LogP contribution in [0.5, 0.6) is 5.75 Å². The topological polar surface area (TPSA) is 41.6 Å². The highest BCUT2D eigenvalue weighted by Gasteiger charge is 2.15. The normalized spacial score (nSPS) is 13.9. The summed E-state index contributed by atoms with van der Waals surface area (Å²) < 4.78 is 5.94. The largest absolute Gasteiger partial charge is 0.488 e. The molecule has 0 atom stereocenters. The van der Waals surface area contributed by atoms with Crippen LogP contribution in [0.4, 0.5) is 0 Å². The molecule has 0 aliphatic carbocycles. The van der Waals surface area contributed by atoms with E-state index in [9.17, 15) is 4.79 Å². The van der Waals surface area contributed by atoms with E-state index in [0.717, 1.165) is 25.2 Å². The van der Waals surface area contributed by atoms with Gasteiger partial charge in [0.2, 0.25) is 0 Å². The van der Waals surface area contributed by atoms with E-state index in [0.29, 0.717) is 24.5 Å². The minimum absolute atomic E-state index is 0.116. The average Bonchev–Trinajstić information content (AvgIpc) is 3.31. The van der Waals surface area contributed by atoms with Crippen molar-refractivity contribution in [2.45, 2.75) is 32.5 Å². The van der Waals surface area contributed by atoms with Gasteiger partial charge in [-0.2, -0.15) is 0 Å². The molecular weight excluding hydrogens is 372 g/mol. The first-order valence-electron chi connectivity index (χ1n) is 10.6. The van der Waals surface area contributed by atoms with Crippen molar-refractivity contribution in [2.24, 2.45) is 0 Å². The number of likely N-dealkylation sites (tertiary alicyclic amines) is 1. The number of rotatable bonds is 8. The summed E-state index contributed by atoms with van der Waals surface area (Å²) in [6.07, 6.45) is 2.55. The molecule has 0 radical (unpaired) electrons. The van der Waals surface area contributed by atoms with Gasteiger partial charge >= 0.3 is 0 Å². The molecule has 0 spiro atoms. The van der Waals surface area contributed by atoms with Gasteiger partial charge in [-0.25, -0.2) is 0 Å². The summed E-state index contributed by atoms with van der Waals surface area (Å²) in [4.78, 5) is 15.4. The predicted molar refractivity (Wildman–Crippen MR) is 119 cm³/mol.